The van der Waals surface area contributed by atoms with Crippen LogP contribution in [0.1, 0.15) is 39.0 Å². The van der Waals surface area contributed by atoms with E-state index < -0.39 is 11.9 Å². The number of carboxylic acid groups (broad SMARTS) is 2. The number of nitrogens with zero attached hydrogens (tertiary/aromatic N) is 3. The maximum Gasteiger partial charge on any atom is 0.414 e. The quantitative estimate of drug-likeness (QED) is 0.545. The molecule has 2 fully saturated rings. The van der Waals surface area contributed by atoms with E-state index in [1.165, 1.54) is 37.8 Å². The first-order chi connectivity index (χ1) is 13.0. The summed E-state index contributed by atoms with van der Waals surface area (Å²) in [6.45, 7) is 7.59. The summed E-state index contributed by atoms with van der Waals surface area (Å²) in [5, 5.41) is 19.5. The van der Waals surface area contributed by atoms with Gasteiger partial charge in [-0.15, -0.1) is 0 Å². The van der Waals surface area contributed by atoms with Gasteiger partial charge >= 0.3 is 11.9 Å². The lowest BCUT2D eigenvalue weighted by molar-refractivity contribution is -1.10. The Morgan fingerprint density at radius 3 is 2.37 bits per heavy atom. The molecule has 27 heavy (non-hydrogen) atoms. The number of hydroxylamine groups is 2. The first-order valence-electron chi connectivity index (χ1n) is 9.48. The van der Waals surface area contributed by atoms with Crippen LogP contribution in [0.2, 0.25) is 0 Å². The average Bonchev–Trinajstić information content (AvgIpc) is 3.05. The van der Waals surface area contributed by atoms with E-state index in [9.17, 15) is 0 Å². The molecule has 0 radical (unpaired) electrons. The summed E-state index contributed by atoms with van der Waals surface area (Å²) in [5.74, 6) is -3.65. The monoisotopic (exact) mass is 384 g/mol. The van der Waals surface area contributed by atoms with Gasteiger partial charge in [0.1, 0.15) is 6.61 Å². The van der Waals surface area contributed by atoms with Crippen molar-refractivity contribution in [1.29, 1.82) is 0 Å². The summed E-state index contributed by atoms with van der Waals surface area (Å²) < 4.78 is 5.80. The van der Waals surface area contributed by atoms with Crippen molar-refractivity contribution in [2.45, 2.75) is 45.1 Å². The van der Waals surface area contributed by atoms with Crippen molar-refractivity contribution in [3.63, 3.8) is 0 Å². The van der Waals surface area contributed by atoms with Crippen LogP contribution in [0, 0.1) is 0 Å². The van der Waals surface area contributed by atoms with E-state index in [2.05, 4.69) is 17.9 Å². The fraction of sp³-hybridized carbons (Fsp3) is 0.722. The standard InChI is InChI=1S/C16H28N3O2.C2H2O4/c1-15-7-8-17-19(15,16-5-3-2-4-6-16)21-14-11-18-9-12-20-13-10-18;3-1(4)2(5)6/h7-8,16H,2-6,9-14H2,1H3;(H,3,4)(H,5,6)/q+1;. The van der Waals surface area contributed by atoms with Gasteiger partial charge < -0.3 is 14.9 Å². The highest BCUT2D eigenvalue weighted by Gasteiger charge is 2.45. The normalized spacial score (nSPS) is 26.2. The largest absolute Gasteiger partial charge is 0.473 e. The van der Waals surface area contributed by atoms with Crippen LogP contribution in [0.3, 0.4) is 0 Å². The second-order valence-corrected chi connectivity index (χ2v) is 6.88. The number of ether oxygens (including phenoxy) is 1. The number of hydrogen-bond acceptors (Lipinski definition) is 6. The summed E-state index contributed by atoms with van der Waals surface area (Å²) >= 11 is 0. The minimum Gasteiger partial charge on any atom is -0.473 e. The highest BCUT2D eigenvalue weighted by Crippen LogP contribution is 2.35. The van der Waals surface area contributed by atoms with Gasteiger partial charge in [-0.1, -0.05) is 6.42 Å². The Morgan fingerprint density at radius 1 is 1.22 bits per heavy atom. The van der Waals surface area contributed by atoms with Crippen molar-refractivity contribution in [2.24, 2.45) is 5.10 Å². The van der Waals surface area contributed by atoms with Crippen LogP contribution in [0.15, 0.2) is 16.9 Å². The van der Waals surface area contributed by atoms with Gasteiger partial charge in [-0.3, -0.25) is 4.90 Å². The molecule has 3 rings (SSSR count). The Kier molecular flexibility index (Phi) is 8.36. The van der Waals surface area contributed by atoms with Crippen LogP contribution in [0.25, 0.3) is 0 Å². The summed E-state index contributed by atoms with van der Waals surface area (Å²) in [4.78, 5) is 26.9. The van der Waals surface area contributed by atoms with E-state index in [-0.39, 0.29) is 0 Å². The van der Waals surface area contributed by atoms with Gasteiger partial charge in [0.15, 0.2) is 11.7 Å². The summed E-state index contributed by atoms with van der Waals surface area (Å²) in [5.41, 5.74) is 1.23. The lowest BCUT2D eigenvalue weighted by Gasteiger charge is -2.37. The van der Waals surface area contributed by atoms with E-state index in [0.717, 1.165) is 39.5 Å². The zero-order chi connectivity index (χ0) is 19.7. The molecule has 0 bridgehead atoms. The Bertz CT molecular complexity index is 555. The Hall–Kier alpha value is -1.81. The zero-order valence-electron chi connectivity index (χ0n) is 15.9. The molecule has 0 aromatic heterocycles. The lowest BCUT2D eigenvalue weighted by Crippen LogP contribution is -2.50. The fourth-order valence-corrected chi connectivity index (χ4v) is 3.63. The van der Waals surface area contributed by atoms with E-state index >= 15 is 0 Å². The van der Waals surface area contributed by atoms with Gasteiger partial charge in [-0.2, -0.15) is 4.84 Å². The smallest absolute Gasteiger partial charge is 0.414 e. The molecule has 2 aliphatic heterocycles. The van der Waals surface area contributed by atoms with E-state index in [4.69, 9.17) is 34.5 Å². The van der Waals surface area contributed by atoms with Crippen molar-refractivity contribution in [1.82, 2.24) is 4.90 Å². The molecule has 9 heteroatoms. The van der Waals surface area contributed by atoms with Crippen LogP contribution in [-0.4, -0.2) is 83.5 Å². The highest BCUT2D eigenvalue weighted by atomic mass is 16.7. The van der Waals surface area contributed by atoms with Gasteiger partial charge in [0.2, 0.25) is 0 Å². The summed E-state index contributed by atoms with van der Waals surface area (Å²) in [6, 6.07) is 0.499. The van der Waals surface area contributed by atoms with Gasteiger partial charge in [0.25, 0.3) is 0 Å². The number of aliphatic carboxylic acids is 2. The molecule has 2 heterocycles. The predicted molar refractivity (Wildman–Crippen MR) is 97.9 cm³/mol. The number of morpholine rings is 1. The number of carboxylic acids is 2. The molecule has 2 N–H and O–H groups in total. The third kappa shape index (κ3) is 6.10. The number of carbonyl (C=O) groups is 2. The number of quaternary nitrogens is 1. The van der Waals surface area contributed by atoms with Crippen molar-refractivity contribution in [2.75, 3.05) is 39.5 Å². The van der Waals surface area contributed by atoms with Crippen molar-refractivity contribution in [3.8, 4) is 0 Å². The average molecular weight is 384 g/mol. The number of rotatable bonds is 5. The maximum atomic E-state index is 9.10. The Morgan fingerprint density at radius 2 is 1.85 bits per heavy atom. The molecule has 3 aliphatic rings. The second kappa shape index (κ2) is 10.5. The van der Waals surface area contributed by atoms with Gasteiger partial charge in [0, 0.05) is 45.5 Å². The molecule has 0 aromatic rings. The van der Waals surface area contributed by atoms with Crippen molar-refractivity contribution in [3.05, 3.63) is 11.8 Å². The Labute approximate surface area is 159 Å². The zero-order valence-corrected chi connectivity index (χ0v) is 15.9. The molecular weight excluding hydrogens is 354 g/mol. The molecule has 1 unspecified atom stereocenters. The van der Waals surface area contributed by atoms with Crippen LogP contribution in [-0.2, 0) is 19.2 Å². The van der Waals surface area contributed by atoms with E-state index in [1.807, 2.05) is 6.21 Å². The predicted octanol–water partition coefficient (Wildman–Crippen LogP) is 1.46. The van der Waals surface area contributed by atoms with Crippen LogP contribution in [0.4, 0.5) is 0 Å². The number of hydrogen-bond donors (Lipinski definition) is 2. The van der Waals surface area contributed by atoms with E-state index in [1.54, 1.807) is 0 Å². The molecule has 0 aromatic carbocycles. The molecule has 1 saturated carbocycles. The fourth-order valence-electron chi connectivity index (χ4n) is 3.63. The molecule has 1 aliphatic carbocycles. The maximum absolute atomic E-state index is 9.10. The summed E-state index contributed by atoms with van der Waals surface area (Å²) in [6.07, 6.45) is 10.4. The van der Waals surface area contributed by atoms with E-state index in [0.29, 0.717) is 10.8 Å². The third-order valence-electron chi connectivity index (χ3n) is 5.11. The third-order valence-corrected chi connectivity index (χ3v) is 5.11. The first kappa shape index (κ1) is 21.5. The second-order valence-electron chi connectivity index (χ2n) is 6.88. The van der Waals surface area contributed by atoms with Gasteiger partial charge in [0.05, 0.1) is 19.4 Å². The minimum absolute atomic E-state index is 0.407. The van der Waals surface area contributed by atoms with Crippen molar-refractivity contribution >= 4 is 18.2 Å². The molecular formula is C18H30N3O6+. The molecule has 9 nitrogen and oxygen atoms in total. The highest BCUT2D eigenvalue weighted by molar-refractivity contribution is 6.27. The lowest BCUT2D eigenvalue weighted by atomic mass is 9.94. The van der Waals surface area contributed by atoms with Crippen molar-refractivity contribution < 1.29 is 34.1 Å². The molecule has 0 amide bonds. The molecule has 152 valence electrons. The van der Waals surface area contributed by atoms with Crippen LogP contribution in [0.5, 0.6) is 0 Å². The van der Waals surface area contributed by atoms with Crippen LogP contribution >= 0.6 is 0 Å². The molecule has 1 saturated heterocycles. The molecule has 1 atom stereocenters. The van der Waals surface area contributed by atoms with Gasteiger partial charge in [-0.25, -0.2) is 9.59 Å². The minimum atomic E-state index is -1.82. The first-order valence-corrected chi connectivity index (χ1v) is 9.48. The SMILES string of the molecule is CC1=CC=N[N+]1(OCCN1CCOCC1)C1CCCCC1.O=C(O)C(=O)O. The van der Waals surface area contributed by atoms with Crippen LogP contribution < -0.4 is 0 Å². The Balaban J connectivity index is 0.000000380. The van der Waals surface area contributed by atoms with Gasteiger partial charge in [-0.05, 0) is 22.7 Å². The topological polar surface area (TPSA) is 109 Å². The molecule has 0 spiro atoms. The summed E-state index contributed by atoms with van der Waals surface area (Å²) in [7, 11) is 0. The number of allylic oxidation sites excluding steroid dienone is 2.